The van der Waals surface area contributed by atoms with Crippen LogP contribution >= 0.6 is 0 Å². The number of hydrogen-bond acceptors (Lipinski definition) is 3. The number of cyclic esters (lactones) is 1. The summed E-state index contributed by atoms with van der Waals surface area (Å²) < 4.78 is 4.76. The third-order valence-corrected chi connectivity index (χ3v) is 2.03. The number of esters is 1. The molecule has 12 heavy (non-hydrogen) atoms. The largest absolute Gasteiger partial charge is 0.507 e. The van der Waals surface area contributed by atoms with Crippen molar-refractivity contribution >= 4 is 5.97 Å². The summed E-state index contributed by atoms with van der Waals surface area (Å²) in [7, 11) is 0. The topological polar surface area (TPSA) is 46.5 Å². The Labute approximate surface area is 69.6 Å². The molecule has 3 heteroatoms. The number of phenols is 1. The monoisotopic (exact) mass is 164 g/mol. The van der Waals surface area contributed by atoms with E-state index in [-0.39, 0.29) is 12.4 Å². The van der Waals surface area contributed by atoms with E-state index in [1.165, 1.54) is 0 Å². The van der Waals surface area contributed by atoms with Crippen LogP contribution in [0.25, 0.3) is 0 Å². The maximum atomic E-state index is 11.1. The van der Waals surface area contributed by atoms with Crippen molar-refractivity contribution in [1.82, 2.24) is 0 Å². The summed E-state index contributed by atoms with van der Waals surface area (Å²) in [6.07, 6.45) is 0. The average Bonchev–Trinajstić information content (AvgIpc) is 2.41. The molecule has 1 aliphatic heterocycles. The molecule has 1 N–H and O–H groups in total. The molecule has 0 spiro atoms. The molecule has 0 fully saturated rings. The van der Waals surface area contributed by atoms with Crippen LogP contribution in [0.5, 0.6) is 5.75 Å². The predicted molar refractivity (Wildman–Crippen MR) is 42.0 cm³/mol. The zero-order chi connectivity index (χ0) is 8.72. The molecule has 2 rings (SSSR count). The van der Waals surface area contributed by atoms with Crippen LogP contribution < -0.4 is 0 Å². The first-order valence-corrected chi connectivity index (χ1v) is 3.68. The Morgan fingerprint density at radius 2 is 2.25 bits per heavy atom. The molecule has 1 aliphatic rings. The van der Waals surface area contributed by atoms with Gasteiger partial charge in [0.25, 0.3) is 0 Å². The fourth-order valence-electron chi connectivity index (χ4n) is 1.30. The van der Waals surface area contributed by atoms with E-state index in [0.29, 0.717) is 11.1 Å². The number of benzene rings is 1. The molecular formula is C9H8O3. The lowest BCUT2D eigenvalue weighted by molar-refractivity contribution is 0.0533. The molecule has 0 aromatic heterocycles. The van der Waals surface area contributed by atoms with Crippen LogP contribution in [0.15, 0.2) is 12.1 Å². The zero-order valence-corrected chi connectivity index (χ0v) is 6.63. The van der Waals surface area contributed by atoms with Crippen LogP contribution in [0.1, 0.15) is 21.5 Å². The first-order chi connectivity index (χ1) is 5.70. The summed E-state index contributed by atoms with van der Waals surface area (Å²) in [5.41, 5.74) is 1.80. The minimum Gasteiger partial charge on any atom is -0.507 e. The minimum absolute atomic E-state index is 0.0509. The number of aromatic hydroxyl groups is 1. The third kappa shape index (κ3) is 0.794. The Morgan fingerprint density at radius 1 is 1.50 bits per heavy atom. The van der Waals surface area contributed by atoms with Crippen LogP contribution in [0.2, 0.25) is 0 Å². The predicted octanol–water partition coefficient (Wildman–Crippen LogP) is 1.37. The number of ether oxygens (including phenoxy) is 1. The number of rotatable bonds is 0. The van der Waals surface area contributed by atoms with Crippen molar-refractivity contribution in [2.75, 3.05) is 0 Å². The average molecular weight is 164 g/mol. The molecule has 1 aromatic carbocycles. The molecule has 1 aromatic rings. The molecule has 0 saturated heterocycles. The van der Waals surface area contributed by atoms with E-state index in [2.05, 4.69) is 0 Å². The highest BCUT2D eigenvalue weighted by atomic mass is 16.5. The first-order valence-electron chi connectivity index (χ1n) is 3.68. The van der Waals surface area contributed by atoms with Gasteiger partial charge in [-0.15, -0.1) is 0 Å². The van der Waals surface area contributed by atoms with Gasteiger partial charge < -0.3 is 9.84 Å². The summed E-state index contributed by atoms with van der Waals surface area (Å²) in [5.74, 6) is -0.374. The first kappa shape index (κ1) is 7.16. The zero-order valence-electron chi connectivity index (χ0n) is 6.63. The van der Waals surface area contributed by atoms with Crippen LogP contribution in [0.3, 0.4) is 0 Å². The number of phenolic OH excluding ortho intramolecular Hbond substituents is 1. The van der Waals surface area contributed by atoms with Gasteiger partial charge in [-0.2, -0.15) is 0 Å². The number of fused-ring (bicyclic) bond motifs is 1. The maximum absolute atomic E-state index is 11.1. The van der Waals surface area contributed by atoms with Crippen molar-refractivity contribution in [2.24, 2.45) is 0 Å². The highest BCUT2D eigenvalue weighted by Gasteiger charge is 2.25. The fraction of sp³-hybridized carbons (Fsp3) is 0.222. The Kier molecular flexibility index (Phi) is 1.33. The quantitative estimate of drug-likeness (QED) is 0.589. The van der Waals surface area contributed by atoms with Gasteiger partial charge >= 0.3 is 5.97 Å². The normalized spacial score (nSPS) is 14.2. The van der Waals surface area contributed by atoms with E-state index in [1.807, 2.05) is 0 Å². The highest BCUT2D eigenvalue weighted by molar-refractivity contribution is 5.96. The van der Waals surface area contributed by atoms with Gasteiger partial charge in [0.05, 0.1) is 0 Å². The van der Waals surface area contributed by atoms with Gasteiger partial charge in [0.15, 0.2) is 0 Å². The number of carbonyl (C=O) groups excluding carboxylic acids is 1. The molecule has 0 saturated carbocycles. The maximum Gasteiger partial charge on any atom is 0.342 e. The Hall–Kier alpha value is -1.51. The van der Waals surface area contributed by atoms with Crippen molar-refractivity contribution in [3.8, 4) is 5.75 Å². The van der Waals surface area contributed by atoms with Crippen molar-refractivity contribution in [3.05, 3.63) is 28.8 Å². The standard InChI is InChI=1S/C9H8O3/c1-5-2-3-6-4-12-9(11)7(6)8(5)10/h2-3,10H,4H2,1H3. The molecule has 62 valence electrons. The van der Waals surface area contributed by atoms with Crippen molar-refractivity contribution in [1.29, 1.82) is 0 Å². The van der Waals surface area contributed by atoms with Gasteiger partial charge in [0.1, 0.15) is 17.9 Å². The van der Waals surface area contributed by atoms with Crippen molar-refractivity contribution in [3.63, 3.8) is 0 Å². The summed E-state index contributed by atoms with van der Waals surface area (Å²) in [5, 5.41) is 9.49. The number of carbonyl (C=O) groups is 1. The van der Waals surface area contributed by atoms with Crippen LogP contribution in [-0.4, -0.2) is 11.1 Å². The lowest BCUT2D eigenvalue weighted by atomic mass is 10.1. The van der Waals surface area contributed by atoms with Crippen LogP contribution in [0, 0.1) is 6.92 Å². The van der Waals surface area contributed by atoms with Gasteiger partial charge in [0, 0.05) is 5.56 Å². The number of hydrogen-bond donors (Lipinski definition) is 1. The third-order valence-electron chi connectivity index (χ3n) is 2.03. The van der Waals surface area contributed by atoms with E-state index in [1.54, 1.807) is 19.1 Å². The van der Waals surface area contributed by atoms with Gasteiger partial charge in [0.2, 0.25) is 0 Å². The van der Waals surface area contributed by atoms with Crippen LogP contribution in [0.4, 0.5) is 0 Å². The smallest absolute Gasteiger partial charge is 0.342 e. The highest BCUT2D eigenvalue weighted by Crippen LogP contribution is 2.30. The Bertz CT molecular complexity index is 355. The van der Waals surface area contributed by atoms with E-state index in [0.717, 1.165) is 5.56 Å². The molecule has 0 radical (unpaired) electrons. The van der Waals surface area contributed by atoms with Gasteiger partial charge in [-0.25, -0.2) is 4.79 Å². The lowest BCUT2D eigenvalue weighted by Gasteiger charge is -2.00. The van der Waals surface area contributed by atoms with Crippen molar-refractivity contribution < 1.29 is 14.6 Å². The lowest BCUT2D eigenvalue weighted by Crippen LogP contribution is -1.95. The van der Waals surface area contributed by atoms with Gasteiger partial charge in [-0.3, -0.25) is 0 Å². The molecule has 0 aliphatic carbocycles. The van der Waals surface area contributed by atoms with E-state index >= 15 is 0 Å². The van der Waals surface area contributed by atoms with E-state index in [4.69, 9.17) is 4.74 Å². The molecule has 0 bridgehead atoms. The van der Waals surface area contributed by atoms with Gasteiger partial charge in [-0.05, 0) is 12.5 Å². The molecule has 0 unspecified atom stereocenters. The second-order valence-electron chi connectivity index (χ2n) is 2.84. The van der Waals surface area contributed by atoms with E-state index < -0.39 is 5.97 Å². The minimum atomic E-state index is -0.425. The fourth-order valence-corrected chi connectivity index (χ4v) is 1.30. The Morgan fingerprint density at radius 3 is 3.00 bits per heavy atom. The SMILES string of the molecule is Cc1ccc2c(c1O)C(=O)OC2. The Balaban J connectivity index is 2.71. The number of aryl methyl sites for hydroxylation is 1. The summed E-state index contributed by atoms with van der Waals surface area (Å²) >= 11 is 0. The van der Waals surface area contributed by atoms with Crippen LogP contribution in [-0.2, 0) is 11.3 Å². The second-order valence-corrected chi connectivity index (χ2v) is 2.84. The van der Waals surface area contributed by atoms with Crippen molar-refractivity contribution in [2.45, 2.75) is 13.5 Å². The van der Waals surface area contributed by atoms with E-state index in [9.17, 15) is 9.90 Å². The summed E-state index contributed by atoms with van der Waals surface area (Å²) in [4.78, 5) is 11.1. The van der Waals surface area contributed by atoms with Gasteiger partial charge in [-0.1, -0.05) is 12.1 Å². The molecule has 0 amide bonds. The summed E-state index contributed by atoms with van der Waals surface area (Å²) in [6.45, 7) is 2.03. The second kappa shape index (κ2) is 2.24. The molecule has 3 nitrogen and oxygen atoms in total. The molecule has 1 heterocycles. The summed E-state index contributed by atoms with van der Waals surface area (Å²) in [6, 6.07) is 3.57. The molecule has 0 atom stereocenters. The molecular weight excluding hydrogens is 156 g/mol.